The Bertz CT molecular complexity index is 142. The van der Waals surface area contributed by atoms with E-state index < -0.39 is 0 Å². The molecule has 2 nitrogen and oxygen atoms in total. The van der Waals surface area contributed by atoms with Crippen LogP contribution in [0, 0.1) is 5.41 Å². The third kappa shape index (κ3) is 1.18. The van der Waals surface area contributed by atoms with Gasteiger partial charge in [0.25, 0.3) is 0 Å². The molecule has 0 unspecified atom stereocenters. The number of rotatable bonds is 2. The molecular formula is C9H18N2. The highest BCUT2D eigenvalue weighted by atomic mass is 15.2. The molecule has 1 saturated carbocycles. The van der Waals surface area contributed by atoms with E-state index in [9.17, 15) is 0 Å². The van der Waals surface area contributed by atoms with Crippen molar-refractivity contribution in [3.05, 3.63) is 0 Å². The molecule has 0 bridgehead atoms. The van der Waals surface area contributed by atoms with Crippen LogP contribution in [0.5, 0.6) is 0 Å². The first-order valence-corrected chi connectivity index (χ1v) is 4.66. The molecule has 1 N–H and O–H groups in total. The molecule has 11 heavy (non-hydrogen) atoms. The number of likely N-dealkylation sites (tertiary alicyclic amines) is 1. The average Bonchev–Trinajstić information content (AvgIpc) is 1.80. The van der Waals surface area contributed by atoms with E-state index >= 15 is 0 Å². The fraction of sp³-hybridized carbons (Fsp3) is 1.00. The summed E-state index contributed by atoms with van der Waals surface area (Å²) in [4.78, 5) is 2.42. The predicted molar refractivity (Wildman–Crippen MR) is 46.6 cm³/mol. The normalized spacial score (nSPS) is 30.0. The van der Waals surface area contributed by atoms with Crippen LogP contribution in [0.1, 0.15) is 19.8 Å². The molecule has 2 aliphatic rings. The van der Waals surface area contributed by atoms with Crippen molar-refractivity contribution in [1.82, 2.24) is 10.2 Å². The van der Waals surface area contributed by atoms with Crippen molar-refractivity contribution in [1.29, 1.82) is 0 Å². The first-order chi connectivity index (χ1) is 5.24. The maximum absolute atomic E-state index is 3.50. The lowest BCUT2D eigenvalue weighted by atomic mass is 9.61. The van der Waals surface area contributed by atoms with Gasteiger partial charge in [-0.15, -0.1) is 0 Å². The summed E-state index contributed by atoms with van der Waals surface area (Å²) in [7, 11) is 2.21. The van der Waals surface area contributed by atoms with Gasteiger partial charge in [-0.25, -0.2) is 0 Å². The molecule has 0 radical (unpaired) electrons. The zero-order valence-corrected chi connectivity index (χ0v) is 7.56. The van der Waals surface area contributed by atoms with Crippen LogP contribution in [-0.4, -0.2) is 37.6 Å². The molecule has 0 atom stereocenters. The van der Waals surface area contributed by atoms with Crippen molar-refractivity contribution in [3.63, 3.8) is 0 Å². The molecule has 64 valence electrons. The lowest BCUT2D eigenvalue weighted by Gasteiger charge is -2.58. The SMILES string of the molecule is CCNC1CC2(C1)CN(C)C2. The maximum atomic E-state index is 3.50. The highest BCUT2D eigenvalue weighted by Crippen LogP contribution is 2.47. The summed E-state index contributed by atoms with van der Waals surface area (Å²) < 4.78 is 0. The van der Waals surface area contributed by atoms with Crippen molar-refractivity contribution in [3.8, 4) is 0 Å². The number of hydrogen-bond donors (Lipinski definition) is 1. The van der Waals surface area contributed by atoms with Crippen LogP contribution in [-0.2, 0) is 0 Å². The van der Waals surface area contributed by atoms with Gasteiger partial charge in [-0.1, -0.05) is 6.92 Å². The zero-order chi connectivity index (χ0) is 7.90. The fourth-order valence-electron chi connectivity index (χ4n) is 2.78. The second-order valence-corrected chi connectivity index (χ2v) is 4.34. The van der Waals surface area contributed by atoms with E-state index in [0.29, 0.717) is 0 Å². The van der Waals surface area contributed by atoms with E-state index in [2.05, 4.69) is 24.2 Å². The van der Waals surface area contributed by atoms with E-state index in [0.717, 1.165) is 18.0 Å². The summed E-state index contributed by atoms with van der Waals surface area (Å²) in [6.45, 7) is 6.01. The first-order valence-electron chi connectivity index (χ1n) is 4.66. The van der Waals surface area contributed by atoms with Gasteiger partial charge in [0.1, 0.15) is 0 Å². The van der Waals surface area contributed by atoms with E-state index in [-0.39, 0.29) is 0 Å². The molecule has 0 aromatic heterocycles. The standard InChI is InChI=1S/C9H18N2/c1-3-10-8-4-9(5-8)6-11(2)7-9/h8,10H,3-7H2,1-2H3. The van der Waals surface area contributed by atoms with Crippen LogP contribution in [0.4, 0.5) is 0 Å². The Morgan fingerprint density at radius 1 is 1.45 bits per heavy atom. The third-order valence-corrected chi connectivity index (χ3v) is 3.06. The highest BCUT2D eigenvalue weighted by Gasteiger charge is 2.50. The van der Waals surface area contributed by atoms with E-state index in [1.807, 2.05) is 0 Å². The van der Waals surface area contributed by atoms with Gasteiger partial charge >= 0.3 is 0 Å². The number of nitrogens with zero attached hydrogens (tertiary/aromatic N) is 1. The first kappa shape index (κ1) is 7.56. The van der Waals surface area contributed by atoms with Crippen LogP contribution < -0.4 is 5.32 Å². The van der Waals surface area contributed by atoms with Crippen molar-refractivity contribution in [2.45, 2.75) is 25.8 Å². The lowest BCUT2D eigenvalue weighted by Crippen LogP contribution is -2.64. The van der Waals surface area contributed by atoms with E-state index in [4.69, 9.17) is 0 Å². The topological polar surface area (TPSA) is 15.3 Å². The number of nitrogens with one attached hydrogen (secondary N) is 1. The van der Waals surface area contributed by atoms with Gasteiger partial charge < -0.3 is 10.2 Å². The summed E-state index contributed by atoms with van der Waals surface area (Å²) in [5.74, 6) is 0. The Labute approximate surface area is 69.0 Å². The molecule has 0 aromatic carbocycles. The zero-order valence-electron chi connectivity index (χ0n) is 7.56. The molecule has 1 saturated heterocycles. The summed E-state index contributed by atoms with van der Waals surface area (Å²) in [6.07, 6.45) is 2.84. The van der Waals surface area contributed by atoms with Crippen molar-refractivity contribution >= 4 is 0 Å². The van der Waals surface area contributed by atoms with Crippen molar-refractivity contribution in [2.24, 2.45) is 5.41 Å². The van der Waals surface area contributed by atoms with Gasteiger partial charge in [0.05, 0.1) is 0 Å². The van der Waals surface area contributed by atoms with Gasteiger partial charge in [0.2, 0.25) is 0 Å². The lowest BCUT2D eigenvalue weighted by molar-refractivity contribution is -0.0643. The van der Waals surface area contributed by atoms with Gasteiger partial charge in [0, 0.05) is 19.1 Å². The van der Waals surface area contributed by atoms with Crippen molar-refractivity contribution in [2.75, 3.05) is 26.7 Å². The molecular weight excluding hydrogens is 136 g/mol. The highest BCUT2D eigenvalue weighted by molar-refractivity contribution is 5.05. The van der Waals surface area contributed by atoms with Gasteiger partial charge in [-0.3, -0.25) is 0 Å². The molecule has 1 aliphatic carbocycles. The second kappa shape index (κ2) is 2.46. The minimum atomic E-state index is 0.752. The van der Waals surface area contributed by atoms with Crippen LogP contribution in [0.2, 0.25) is 0 Å². The molecule has 2 rings (SSSR count). The summed E-state index contributed by atoms with van der Waals surface area (Å²) in [6, 6.07) is 0.841. The Kier molecular flexibility index (Phi) is 1.69. The van der Waals surface area contributed by atoms with Gasteiger partial charge in [0.15, 0.2) is 0 Å². The molecule has 2 heteroatoms. The Morgan fingerprint density at radius 3 is 2.55 bits per heavy atom. The molecule has 0 amide bonds. The summed E-state index contributed by atoms with van der Waals surface area (Å²) in [5, 5.41) is 3.50. The quantitative estimate of drug-likeness (QED) is 0.629. The molecule has 1 heterocycles. The van der Waals surface area contributed by atoms with E-state index in [1.165, 1.54) is 25.9 Å². The Morgan fingerprint density at radius 2 is 2.09 bits per heavy atom. The average molecular weight is 154 g/mol. The van der Waals surface area contributed by atoms with Crippen LogP contribution in [0.25, 0.3) is 0 Å². The summed E-state index contributed by atoms with van der Waals surface area (Å²) in [5.41, 5.74) is 0.752. The molecule has 1 spiro atoms. The van der Waals surface area contributed by atoms with Gasteiger partial charge in [-0.2, -0.15) is 0 Å². The monoisotopic (exact) mass is 154 g/mol. The van der Waals surface area contributed by atoms with Gasteiger partial charge in [-0.05, 0) is 31.8 Å². The van der Waals surface area contributed by atoms with Crippen molar-refractivity contribution < 1.29 is 0 Å². The number of hydrogen-bond acceptors (Lipinski definition) is 2. The molecule has 1 aliphatic heterocycles. The van der Waals surface area contributed by atoms with Crippen LogP contribution in [0.15, 0.2) is 0 Å². The Hall–Kier alpha value is -0.0800. The van der Waals surface area contributed by atoms with Crippen LogP contribution >= 0.6 is 0 Å². The predicted octanol–water partition coefficient (Wildman–Crippen LogP) is 0.690. The minimum absolute atomic E-state index is 0.752. The second-order valence-electron chi connectivity index (χ2n) is 4.34. The van der Waals surface area contributed by atoms with E-state index in [1.54, 1.807) is 0 Å². The summed E-state index contributed by atoms with van der Waals surface area (Å²) >= 11 is 0. The smallest absolute Gasteiger partial charge is 0.00794 e. The minimum Gasteiger partial charge on any atom is -0.314 e. The molecule has 2 fully saturated rings. The third-order valence-electron chi connectivity index (χ3n) is 3.06. The fourth-order valence-corrected chi connectivity index (χ4v) is 2.78. The van der Waals surface area contributed by atoms with Crippen LogP contribution in [0.3, 0.4) is 0 Å². The maximum Gasteiger partial charge on any atom is 0.00794 e. The largest absolute Gasteiger partial charge is 0.314 e. The Balaban J connectivity index is 1.72. The molecule has 0 aromatic rings.